The number of carboxylic acid groups (broad SMARTS) is 1. The molecule has 0 spiro atoms. The van der Waals surface area contributed by atoms with Crippen LogP contribution in [0.5, 0.6) is 5.75 Å². The molecule has 0 bridgehead atoms. The highest BCUT2D eigenvalue weighted by Gasteiger charge is 2.18. The molecule has 0 fully saturated rings. The Labute approximate surface area is 155 Å². The molecule has 0 amide bonds. The van der Waals surface area contributed by atoms with Crippen LogP contribution in [0.3, 0.4) is 0 Å². The van der Waals surface area contributed by atoms with Gasteiger partial charge in [0, 0.05) is 31.2 Å². The first-order valence-electron chi connectivity index (χ1n) is 8.20. The van der Waals surface area contributed by atoms with Crippen molar-refractivity contribution in [2.75, 3.05) is 13.9 Å². The van der Waals surface area contributed by atoms with Crippen LogP contribution in [0, 0.1) is 11.3 Å². The Hall–Kier alpha value is -3.34. The molecule has 138 valence electrons. The van der Waals surface area contributed by atoms with Crippen molar-refractivity contribution in [2.24, 2.45) is 0 Å². The number of benzene rings is 2. The third-order valence-electron chi connectivity index (χ3n) is 4.24. The molecule has 2 aromatic carbocycles. The van der Waals surface area contributed by atoms with E-state index >= 15 is 0 Å². The largest absolute Gasteiger partial charge is 0.508 e. The maximum absolute atomic E-state index is 11.0. The van der Waals surface area contributed by atoms with Crippen LogP contribution in [-0.4, -0.2) is 34.7 Å². The highest BCUT2D eigenvalue weighted by molar-refractivity contribution is 5.88. The number of hydrogen-bond donors (Lipinski definition) is 2. The Balaban J connectivity index is 2.00. The number of methoxy groups -OCH3 is 1. The van der Waals surface area contributed by atoms with Crippen molar-refractivity contribution in [2.45, 2.75) is 12.6 Å². The van der Waals surface area contributed by atoms with E-state index in [-0.39, 0.29) is 18.1 Å². The molecule has 1 aromatic heterocycles. The van der Waals surface area contributed by atoms with E-state index in [1.807, 2.05) is 0 Å². The lowest BCUT2D eigenvalue weighted by Crippen LogP contribution is -2.16. The van der Waals surface area contributed by atoms with Crippen molar-refractivity contribution in [3.8, 4) is 11.8 Å². The van der Waals surface area contributed by atoms with Gasteiger partial charge in [0.05, 0.1) is 16.6 Å². The van der Waals surface area contributed by atoms with Gasteiger partial charge in [0.1, 0.15) is 24.8 Å². The number of carboxylic acids is 1. The number of nitriles is 1. The summed E-state index contributed by atoms with van der Waals surface area (Å²) in [5.41, 5.74) is 2.20. The smallest absolute Gasteiger partial charge is 0.335 e. The number of aromatic hydroxyl groups is 1. The fourth-order valence-electron chi connectivity index (χ4n) is 2.94. The standard InChI is InChI=1S/C20H18N2O5/c1-26-12-27-19(8-13-2-4-14(5-3-13)20(24)25)22-11-15(10-21)17-7-6-16(23)9-18(17)22/h2-7,9,11,19,23H,8,12H2,1H3,(H,24,25). The van der Waals surface area contributed by atoms with Gasteiger partial charge in [-0.25, -0.2) is 4.79 Å². The van der Waals surface area contributed by atoms with Gasteiger partial charge in [0.25, 0.3) is 0 Å². The summed E-state index contributed by atoms with van der Waals surface area (Å²) in [6.45, 7) is 0.0399. The second kappa shape index (κ2) is 7.91. The number of aromatic carboxylic acids is 1. The SMILES string of the molecule is COCOC(Cc1ccc(C(=O)O)cc1)n1cc(C#N)c2ccc(O)cc21. The fourth-order valence-corrected chi connectivity index (χ4v) is 2.94. The zero-order valence-corrected chi connectivity index (χ0v) is 14.6. The van der Waals surface area contributed by atoms with Gasteiger partial charge in [-0.05, 0) is 29.8 Å². The van der Waals surface area contributed by atoms with Crippen molar-refractivity contribution in [3.05, 3.63) is 65.4 Å². The number of aromatic nitrogens is 1. The molecule has 1 atom stereocenters. The average molecular weight is 366 g/mol. The van der Waals surface area contributed by atoms with Crippen molar-refractivity contribution in [3.63, 3.8) is 0 Å². The lowest BCUT2D eigenvalue weighted by molar-refractivity contribution is -0.0985. The van der Waals surface area contributed by atoms with E-state index in [0.717, 1.165) is 5.56 Å². The number of hydrogen-bond acceptors (Lipinski definition) is 5. The van der Waals surface area contributed by atoms with Gasteiger partial charge in [-0.2, -0.15) is 5.26 Å². The van der Waals surface area contributed by atoms with Crippen molar-refractivity contribution in [1.82, 2.24) is 4.57 Å². The maximum atomic E-state index is 11.0. The van der Waals surface area contributed by atoms with Gasteiger partial charge in [-0.1, -0.05) is 12.1 Å². The summed E-state index contributed by atoms with van der Waals surface area (Å²) in [6.07, 6.45) is 1.59. The molecular formula is C20H18N2O5. The third kappa shape index (κ3) is 3.92. The van der Waals surface area contributed by atoms with Gasteiger partial charge in [0.15, 0.2) is 0 Å². The van der Waals surface area contributed by atoms with Crippen LogP contribution in [0.4, 0.5) is 0 Å². The van der Waals surface area contributed by atoms with Gasteiger partial charge >= 0.3 is 5.97 Å². The van der Waals surface area contributed by atoms with E-state index in [1.54, 1.807) is 35.0 Å². The average Bonchev–Trinajstić information content (AvgIpc) is 3.03. The highest BCUT2D eigenvalue weighted by atomic mass is 16.7. The number of phenols is 1. The summed E-state index contributed by atoms with van der Waals surface area (Å²) in [4.78, 5) is 11.0. The van der Waals surface area contributed by atoms with E-state index in [1.165, 1.54) is 25.3 Å². The van der Waals surface area contributed by atoms with Gasteiger partial charge < -0.3 is 24.3 Å². The zero-order valence-electron chi connectivity index (χ0n) is 14.6. The lowest BCUT2D eigenvalue weighted by atomic mass is 10.1. The molecule has 0 radical (unpaired) electrons. The maximum Gasteiger partial charge on any atom is 0.335 e. The Morgan fingerprint density at radius 3 is 2.63 bits per heavy atom. The molecular weight excluding hydrogens is 348 g/mol. The van der Waals surface area contributed by atoms with Crippen LogP contribution >= 0.6 is 0 Å². The van der Waals surface area contributed by atoms with E-state index in [9.17, 15) is 15.2 Å². The Morgan fingerprint density at radius 1 is 1.26 bits per heavy atom. The quantitative estimate of drug-likeness (QED) is 0.622. The molecule has 0 aliphatic carbocycles. The van der Waals surface area contributed by atoms with Gasteiger partial charge in [-0.3, -0.25) is 0 Å². The molecule has 0 saturated carbocycles. The normalized spacial score (nSPS) is 12.0. The topological polar surface area (TPSA) is 105 Å². The van der Waals surface area contributed by atoms with E-state index in [4.69, 9.17) is 14.6 Å². The van der Waals surface area contributed by atoms with Crippen molar-refractivity contribution in [1.29, 1.82) is 5.26 Å². The molecule has 0 aliphatic heterocycles. The van der Waals surface area contributed by atoms with Crippen LogP contribution in [-0.2, 0) is 15.9 Å². The summed E-state index contributed by atoms with van der Waals surface area (Å²) in [7, 11) is 1.51. The second-order valence-corrected chi connectivity index (χ2v) is 6.00. The van der Waals surface area contributed by atoms with E-state index < -0.39 is 12.2 Å². The van der Waals surface area contributed by atoms with Crippen molar-refractivity contribution < 1.29 is 24.5 Å². The van der Waals surface area contributed by atoms with E-state index in [0.29, 0.717) is 22.9 Å². The summed E-state index contributed by atoms with van der Waals surface area (Å²) < 4.78 is 12.6. The number of ether oxygens (including phenoxy) is 2. The molecule has 7 heteroatoms. The Bertz CT molecular complexity index is 1000. The number of carbonyl (C=O) groups is 1. The summed E-state index contributed by atoms with van der Waals surface area (Å²) in [5, 5.41) is 29.0. The predicted octanol–water partition coefficient (Wildman–Crippen LogP) is 3.28. The molecule has 3 rings (SSSR count). The van der Waals surface area contributed by atoms with Crippen LogP contribution < -0.4 is 0 Å². The minimum Gasteiger partial charge on any atom is -0.508 e. The summed E-state index contributed by atoms with van der Waals surface area (Å²) in [5.74, 6) is -0.901. The van der Waals surface area contributed by atoms with Crippen LogP contribution in [0.25, 0.3) is 10.9 Å². The van der Waals surface area contributed by atoms with Crippen molar-refractivity contribution >= 4 is 16.9 Å². The number of fused-ring (bicyclic) bond motifs is 1. The highest BCUT2D eigenvalue weighted by Crippen LogP contribution is 2.29. The Kier molecular flexibility index (Phi) is 5.41. The molecule has 3 aromatic rings. The zero-order chi connectivity index (χ0) is 19.4. The molecule has 1 unspecified atom stereocenters. The van der Waals surface area contributed by atoms with Crippen LogP contribution in [0.2, 0.25) is 0 Å². The Morgan fingerprint density at radius 2 is 2.00 bits per heavy atom. The minimum atomic E-state index is -0.987. The third-order valence-corrected chi connectivity index (χ3v) is 4.24. The predicted molar refractivity (Wildman–Crippen MR) is 97.4 cm³/mol. The number of nitrogens with zero attached hydrogens (tertiary/aromatic N) is 2. The molecule has 7 nitrogen and oxygen atoms in total. The molecule has 0 saturated heterocycles. The minimum absolute atomic E-state index is 0.0399. The molecule has 0 aliphatic rings. The summed E-state index contributed by atoms with van der Waals surface area (Å²) >= 11 is 0. The second-order valence-electron chi connectivity index (χ2n) is 6.00. The number of rotatable bonds is 7. The van der Waals surface area contributed by atoms with Gasteiger partial charge in [0.2, 0.25) is 0 Å². The number of phenolic OH excluding ortho intramolecular Hbond substituents is 1. The molecule has 27 heavy (non-hydrogen) atoms. The summed E-state index contributed by atoms with van der Waals surface area (Å²) in [6, 6.07) is 13.5. The van der Waals surface area contributed by atoms with Crippen LogP contribution in [0.1, 0.15) is 27.7 Å². The fraction of sp³-hybridized carbons (Fsp3) is 0.200. The molecule has 2 N–H and O–H groups in total. The first kappa shape index (κ1) is 18.5. The van der Waals surface area contributed by atoms with Crippen LogP contribution in [0.15, 0.2) is 48.7 Å². The lowest BCUT2D eigenvalue weighted by Gasteiger charge is -2.20. The van der Waals surface area contributed by atoms with Gasteiger partial charge in [-0.15, -0.1) is 0 Å². The first-order chi connectivity index (χ1) is 13.0. The first-order valence-corrected chi connectivity index (χ1v) is 8.20. The van der Waals surface area contributed by atoms with E-state index in [2.05, 4.69) is 6.07 Å². The molecule has 1 heterocycles. The monoisotopic (exact) mass is 366 g/mol.